The molecule has 17 heavy (non-hydrogen) atoms. The average Bonchev–Trinajstić information content (AvgIpc) is 2.82. The van der Waals surface area contributed by atoms with Crippen LogP contribution >= 0.6 is 11.3 Å². The van der Waals surface area contributed by atoms with E-state index in [2.05, 4.69) is 5.38 Å². The van der Waals surface area contributed by atoms with Gasteiger partial charge in [-0.3, -0.25) is 4.79 Å². The molecule has 1 aromatic heterocycles. The van der Waals surface area contributed by atoms with Gasteiger partial charge in [0.25, 0.3) is 0 Å². The molecule has 2 rings (SSSR count). The molecule has 0 fully saturated rings. The van der Waals surface area contributed by atoms with Crippen LogP contribution in [0.3, 0.4) is 0 Å². The summed E-state index contributed by atoms with van der Waals surface area (Å²) in [6.07, 6.45) is -0.0485. The van der Waals surface area contributed by atoms with Gasteiger partial charge in [0.05, 0.1) is 6.42 Å². The van der Waals surface area contributed by atoms with Crippen LogP contribution in [0.4, 0.5) is 0 Å². The van der Waals surface area contributed by atoms with Crippen LogP contribution < -0.4 is 5.73 Å². The molecule has 0 saturated carbocycles. The van der Waals surface area contributed by atoms with Gasteiger partial charge in [-0.05, 0) is 39.6 Å². The third-order valence-corrected chi connectivity index (χ3v) is 3.25. The van der Waals surface area contributed by atoms with Gasteiger partial charge in [-0.15, -0.1) is 0 Å². The molecule has 0 aliphatic rings. The molecule has 2 aromatic rings. The van der Waals surface area contributed by atoms with Gasteiger partial charge in [-0.2, -0.15) is 11.3 Å². The molecule has 1 heterocycles. The molecule has 1 aromatic carbocycles. The summed E-state index contributed by atoms with van der Waals surface area (Å²) in [7, 11) is 0. The first-order chi connectivity index (χ1) is 8.16. The number of carbonyl (C=O) groups is 1. The lowest BCUT2D eigenvalue weighted by atomic mass is 10.00. The Hall–Kier alpha value is -1.65. The van der Waals surface area contributed by atoms with Crippen LogP contribution in [0.15, 0.2) is 41.1 Å². The first kappa shape index (κ1) is 11.8. The maximum absolute atomic E-state index is 10.6. The summed E-state index contributed by atoms with van der Waals surface area (Å²) in [5, 5.41) is 12.8. The van der Waals surface area contributed by atoms with Crippen molar-refractivity contribution in [2.75, 3.05) is 0 Å². The summed E-state index contributed by atoms with van der Waals surface area (Å²) in [5.41, 5.74) is 8.91. The fourth-order valence-corrected chi connectivity index (χ4v) is 2.35. The zero-order valence-electron chi connectivity index (χ0n) is 9.17. The van der Waals surface area contributed by atoms with Gasteiger partial charge >= 0.3 is 5.97 Å². The highest BCUT2D eigenvalue weighted by Crippen LogP contribution is 2.25. The Morgan fingerprint density at radius 1 is 1.35 bits per heavy atom. The number of carboxylic acids is 1. The number of aliphatic carboxylic acids is 1. The van der Waals surface area contributed by atoms with Crippen molar-refractivity contribution in [3.8, 4) is 11.1 Å². The summed E-state index contributed by atoms with van der Waals surface area (Å²) in [6.45, 7) is 0. The molecular weight excluding hydrogens is 234 g/mol. The van der Waals surface area contributed by atoms with Crippen LogP contribution in [0.25, 0.3) is 11.1 Å². The van der Waals surface area contributed by atoms with Gasteiger partial charge in [-0.1, -0.05) is 18.2 Å². The van der Waals surface area contributed by atoms with E-state index >= 15 is 0 Å². The van der Waals surface area contributed by atoms with Gasteiger partial charge < -0.3 is 10.8 Å². The number of nitrogens with two attached hydrogens (primary N) is 1. The minimum Gasteiger partial charge on any atom is -0.481 e. The Labute approximate surface area is 104 Å². The summed E-state index contributed by atoms with van der Waals surface area (Å²) in [4.78, 5) is 10.6. The fourth-order valence-electron chi connectivity index (χ4n) is 1.68. The highest BCUT2D eigenvalue weighted by molar-refractivity contribution is 7.08. The number of thiophene rings is 1. The van der Waals surface area contributed by atoms with Crippen molar-refractivity contribution in [1.82, 2.24) is 0 Å². The van der Waals surface area contributed by atoms with Crippen molar-refractivity contribution >= 4 is 17.3 Å². The smallest absolute Gasteiger partial charge is 0.305 e. The molecule has 0 spiro atoms. The van der Waals surface area contributed by atoms with E-state index in [-0.39, 0.29) is 6.42 Å². The highest BCUT2D eigenvalue weighted by atomic mass is 32.1. The maximum Gasteiger partial charge on any atom is 0.305 e. The largest absolute Gasteiger partial charge is 0.481 e. The molecule has 88 valence electrons. The van der Waals surface area contributed by atoms with Gasteiger partial charge in [0, 0.05) is 6.04 Å². The van der Waals surface area contributed by atoms with E-state index in [9.17, 15) is 4.79 Å². The second kappa shape index (κ2) is 5.12. The summed E-state index contributed by atoms with van der Waals surface area (Å²) >= 11 is 1.63. The minimum absolute atomic E-state index is 0.0485. The molecule has 1 atom stereocenters. The van der Waals surface area contributed by atoms with Crippen molar-refractivity contribution in [3.63, 3.8) is 0 Å². The summed E-state index contributed by atoms with van der Waals surface area (Å²) in [6, 6.07) is 9.31. The number of rotatable bonds is 4. The van der Waals surface area contributed by atoms with E-state index in [0.29, 0.717) is 0 Å². The molecule has 0 aliphatic heterocycles. The standard InChI is InChI=1S/C13H13NO2S/c14-12(7-13(15)16)10-3-1-2-9(6-10)11-4-5-17-8-11/h1-6,8,12H,7,14H2,(H,15,16). The number of benzene rings is 1. The Morgan fingerprint density at radius 2 is 2.18 bits per heavy atom. The fraction of sp³-hybridized carbons (Fsp3) is 0.154. The first-order valence-electron chi connectivity index (χ1n) is 5.26. The first-order valence-corrected chi connectivity index (χ1v) is 6.21. The van der Waals surface area contributed by atoms with Gasteiger partial charge in [0.15, 0.2) is 0 Å². The van der Waals surface area contributed by atoms with Crippen LogP contribution in [0.5, 0.6) is 0 Å². The van der Waals surface area contributed by atoms with E-state index in [4.69, 9.17) is 10.8 Å². The molecule has 3 N–H and O–H groups in total. The Balaban J connectivity index is 2.25. The quantitative estimate of drug-likeness (QED) is 0.873. The van der Waals surface area contributed by atoms with E-state index in [0.717, 1.165) is 16.7 Å². The van der Waals surface area contributed by atoms with E-state index in [1.54, 1.807) is 11.3 Å². The topological polar surface area (TPSA) is 63.3 Å². The van der Waals surface area contributed by atoms with Crippen molar-refractivity contribution < 1.29 is 9.90 Å². The van der Waals surface area contributed by atoms with Crippen LogP contribution in [0.1, 0.15) is 18.0 Å². The van der Waals surface area contributed by atoms with Gasteiger partial charge in [0.2, 0.25) is 0 Å². The highest BCUT2D eigenvalue weighted by Gasteiger charge is 2.11. The second-order valence-corrected chi connectivity index (χ2v) is 4.62. The van der Waals surface area contributed by atoms with Crippen LogP contribution in [-0.4, -0.2) is 11.1 Å². The number of carboxylic acid groups (broad SMARTS) is 1. The van der Waals surface area contributed by atoms with Crippen LogP contribution in [-0.2, 0) is 4.79 Å². The van der Waals surface area contributed by atoms with Crippen LogP contribution in [0.2, 0.25) is 0 Å². The molecule has 0 saturated heterocycles. The second-order valence-electron chi connectivity index (χ2n) is 3.84. The molecule has 0 radical (unpaired) electrons. The molecule has 0 bridgehead atoms. The van der Waals surface area contributed by atoms with Gasteiger partial charge in [0.1, 0.15) is 0 Å². The zero-order valence-corrected chi connectivity index (χ0v) is 9.98. The van der Waals surface area contributed by atoms with E-state index < -0.39 is 12.0 Å². The Bertz CT molecular complexity index is 508. The monoisotopic (exact) mass is 247 g/mol. The number of hydrogen-bond donors (Lipinski definition) is 2. The van der Waals surface area contributed by atoms with E-state index in [1.807, 2.05) is 35.7 Å². The van der Waals surface area contributed by atoms with E-state index in [1.165, 1.54) is 0 Å². The number of hydrogen-bond acceptors (Lipinski definition) is 3. The molecule has 0 amide bonds. The third kappa shape index (κ3) is 2.93. The zero-order chi connectivity index (χ0) is 12.3. The summed E-state index contributed by atoms with van der Waals surface area (Å²) < 4.78 is 0. The lowest BCUT2D eigenvalue weighted by molar-refractivity contribution is -0.137. The van der Waals surface area contributed by atoms with Crippen molar-refractivity contribution in [3.05, 3.63) is 46.7 Å². The predicted octanol–water partition coefficient (Wildman–Crippen LogP) is 2.89. The van der Waals surface area contributed by atoms with Gasteiger partial charge in [-0.25, -0.2) is 0 Å². The van der Waals surface area contributed by atoms with Crippen molar-refractivity contribution in [1.29, 1.82) is 0 Å². The maximum atomic E-state index is 10.6. The average molecular weight is 247 g/mol. The van der Waals surface area contributed by atoms with Crippen molar-refractivity contribution in [2.24, 2.45) is 5.73 Å². The molecule has 1 unspecified atom stereocenters. The SMILES string of the molecule is NC(CC(=O)O)c1cccc(-c2ccsc2)c1. The Morgan fingerprint density at radius 3 is 2.82 bits per heavy atom. The Kier molecular flexibility index (Phi) is 3.56. The third-order valence-electron chi connectivity index (χ3n) is 2.56. The molecule has 0 aliphatic carbocycles. The normalized spacial score (nSPS) is 12.3. The lowest BCUT2D eigenvalue weighted by Gasteiger charge is -2.10. The lowest BCUT2D eigenvalue weighted by Crippen LogP contribution is -2.14. The molecule has 4 heteroatoms. The molecular formula is C13H13NO2S. The molecule has 3 nitrogen and oxygen atoms in total. The predicted molar refractivity (Wildman–Crippen MR) is 68.9 cm³/mol. The van der Waals surface area contributed by atoms with Crippen LogP contribution in [0, 0.1) is 0 Å². The summed E-state index contributed by atoms with van der Waals surface area (Å²) in [5.74, 6) is -0.876. The minimum atomic E-state index is -0.876. The van der Waals surface area contributed by atoms with Crippen molar-refractivity contribution in [2.45, 2.75) is 12.5 Å².